The van der Waals surface area contributed by atoms with Gasteiger partial charge in [-0.2, -0.15) is 0 Å². The predicted molar refractivity (Wildman–Crippen MR) is 65.9 cm³/mol. The quantitative estimate of drug-likeness (QED) is 0.844. The van der Waals surface area contributed by atoms with E-state index < -0.39 is 12.5 Å². The molecular formula is C12H16BrF2N. The highest BCUT2D eigenvalue weighted by Gasteiger charge is 2.19. The molecule has 0 aromatic heterocycles. The summed E-state index contributed by atoms with van der Waals surface area (Å²) in [6.07, 6.45) is -1.09. The Morgan fingerprint density at radius 2 is 1.88 bits per heavy atom. The summed E-state index contributed by atoms with van der Waals surface area (Å²) in [5.41, 5.74) is 0.928. The highest BCUT2D eigenvalue weighted by Crippen LogP contribution is 2.14. The third kappa shape index (κ3) is 4.58. The number of hydrogen-bond acceptors (Lipinski definition) is 1. The Morgan fingerprint density at radius 1 is 1.25 bits per heavy atom. The maximum atomic E-state index is 12.7. The summed E-state index contributed by atoms with van der Waals surface area (Å²) in [7, 11) is 0. The van der Waals surface area contributed by atoms with Crippen molar-refractivity contribution in [1.82, 2.24) is 5.32 Å². The number of alkyl halides is 2. The monoisotopic (exact) mass is 291 g/mol. The van der Waals surface area contributed by atoms with Crippen LogP contribution >= 0.6 is 15.9 Å². The van der Waals surface area contributed by atoms with Gasteiger partial charge in [-0.15, -0.1) is 0 Å². The molecule has 0 saturated heterocycles. The van der Waals surface area contributed by atoms with Gasteiger partial charge < -0.3 is 5.32 Å². The summed E-state index contributed by atoms with van der Waals surface area (Å²) in [5, 5.41) is 2.87. The second kappa shape index (κ2) is 6.97. The van der Waals surface area contributed by atoms with Gasteiger partial charge in [-0.05, 0) is 37.1 Å². The highest BCUT2D eigenvalue weighted by atomic mass is 79.9. The van der Waals surface area contributed by atoms with E-state index in [1.165, 1.54) is 0 Å². The Balaban J connectivity index is 2.57. The molecule has 0 aliphatic rings. The van der Waals surface area contributed by atoms with Crippen LogP contribution in [0.5, 0.6) is 0 Å². The summed E-state index contributed by atoms with van der Waals surface area (Å²) in [5.74, 6) is 0. The van der Waals surface area contributed by atoms with Gasteiger partial charge in [-0.1, -0.05) is 35.0 Å². The van der Waals surface area contributed by atoms with E-state index in [-0.39, 0.29) is 0 Å². The van der Waals surface area contributed by atoms with Gasteiger partial charge in [0.25, 0.3) is 6.43 Å². The fourth-order valence-electron chi connectivity index (χ4n) is 1.45. The van der Waals surface area contributed by atoms with Crippen LogP contribution in [0.1, 0.15) is 18.9 Å². The first-order chi connectivity index (χ1) is 7.63. The fourth-order valence-corrected chi connectivity index (χ4v) is 1.72. The zero-order valence-electron chi connectivity index (χ0n) is 9.22. The number of nitrogens with one attached hydrogen (secondary N) is 1. The maximum absolute atomic E-state index is 12.7. The van der Waals surface area contributed by atoms with Gasteiger partial charge in [-0.25, -0.2) is 8.78 Å². The van der Waals surface area contributed by atoms with Crippen molar-refractivity contribution in [3.8, 4) is 0 Å². The summed E-state index contributed by atoms with van der Waals surface area (Å²) in [6, 6.07) is 6.73. The molecule has 0 radical (unpaired) electrons. The van der Waals surface area contributed by atoms with Gasteiger partial charge >= 0.3 is 0 Å². The summed E-state index contributed by atoms with van der Waals surface area (Å²) in [6.45, 7) is 2.60. The van der Waals surface area contributed by atoms with Crippen molar-refractivity contribution >= 4 is 15.9 Å². The van der Waals surface area contributed by atoms with E-state index >= 15 is 0 Å². The van der Waals surface area contributed by atoms with Gasteiger partial charge in [-0.3, -0.25) is 0 Å². The lowest BCUT2D eigenvalue weighted by atomic mass is 10.1. The van der Waals surface area contributed by atoms with Crippen molar-refractivity contribution in [2.75, 3.05) is 6.54 Å². The summed E-state index contributed by atoms with van der Waals surface area (Å²) >= 11 is 3.32. The minimum Gasteiger partial charge on any atom is -0.309 e. The zero-order chi connectivity index (χ0) is 12.0. The van der Waals surface area contributed by atoms with Gasteiger partial charge in [0, 0.05) is 4.47 Å². The Labute approximate surface area is 103 Å². The molecule has 1 atom stereocenters. The van der Waals surface area contributed by atoms with Crippen LogP contribution in [0.4, 0.5) is 8.78 Å². The van der Waals surface area contributed by atoms with Crippen LogP contribution < -0.4 is 5.32 Å². The van der Waals surface area contributed by atoms with Gasteiger partial charge in [0.05, 0.1) is 6.04 Å². The second-order valence-electron chi connectivity index (χ2n) is 3.73. The Morgan fingerprint density at radius 3 is 2.38 bits per heavy atom. The van der Waals surface area contributed by atoms with Crippen LogP contribution in [0.3, 0.4) is 0 Å². The Hall–Kier alpha value is -0.480. The fraction of sp³-hybridized carbons (Fsp3) is 0.500. The Kier molecular flexibility index (Phi) is 5.91. The average Bonchev–Trinajstić information content (AvgIpc) is 2.26. The normalized spacial score (nSPS) is 13.1. The van der Waals surface area contributed by atoms with E-state index in [1.54, 1.807) is 0 Å². The van der Waals surface area contributed by atoms with Crippen molar-refractivity contribution in [2.45, 2.75) is 32.2 Å². The summed E-state index contributed by atoms with van der Waals surface area (Å²) < 4.78 is 26.4. The smallest absolute Gasteiger partial charge is 0.254 e. The molecule has 0 aliphatic heterocycles. The molecule has 4 heteroatoms. The molecule has 1 nitrogen and oxygen atoms in total. The molecule has 0 heterocycles. The minimum absolute atomic E-state index is 0.366. The molecule has 0 fully saturated rings. The topological polar surface area (TPSA) is 12.0 Å². The van der Waals surface area contributed by atoms with Crippen LogP contribution in [-0.2, 0) is 6.42 Å². The van der Waals surface area contributed by atoms with E-state index in [2.05, 4.69) is 21.2 Å². The molecule has 1 aromatic rings. The van der Waals surface area contributed by atoms with Crippen molar-refractivity contribution in [1.29, 1.82) is 0 Å². The van der Waals surface area contributed by atoms with E-state index in [9.17, 15) is 8.78 Å². The van der Waals surface area contributed by atoms with Crippen LogP contribution in [0.25, 0.3) is 0 Å². The van der Waals surface area contributed by atoms with E-state index in [1.807, 2.05) is 31.2 Å². The van der Waals surface area contributed by atoms with Crippen LogP contribution in [0, 0.1) is 0 Å². The van der Waals surface area contributed by atoms with Crippen molar-refractivity contribution in [3.63, 3.8) is 0 Å². The minimum atomic E-state index is -2.32. The number of benzene rings is 1. The van der Waals surface area contributed by atoms with Crippen molar-refractivity contribution in [3.05, 3.63) is 34.3 Å². The van der Waals surface area contributed by atoms with E-state index in [0.29, 0.717) is 13.0 Å². The lowest BCUT2D eigenvalue weighted by Gasteiger charge is -2.17. The molecular weight excluding hydrogens is 276 g/mol. The predicted octanol–water partition coefficient (Wildman–Crippen LogP) is 3.62. The molecule has 1 rings (SSSR count). The molecule has 0 bridgehead atoms. The maximum Gasteiger partial charge on any atom is 0.254 e. The first-order valence-electron chi connectivity index (χ1n) is 5.39. The van der Waals surface area contributed by atoms with Gasteiger partial charge in [0.1, 0.15) is 0 Å². The van der Waals surface area contributed by atoms with Crippen molar-refractivity contribution < 1.29 is 8.78 Å². The highest BCUT2D eigenvalue weighted by molar-refractivity contribution is 9.10. The molecule has 0 saturated carbocycles. The molecule has 0 spiro atoms. The SMILES string of the molecule is CCCNC(Cc1ccc(Br)cc1)C(F)F. The van der Waals surface area contributed by atoms with E-state index in [4.69, 9.17) is 0 Å². The first kappa shape index (κ1) is 13.6. The third-order valence-electron chi connectivity index (χ3n) is 2.33. The van der Waals surface area contributed by atoms with Crippen molar-refractivity contribution in [2.24, 2.45) is 0 Å². The van der Waals surface area contributed by atoms with Crippen LogP contribution in [0.15, 0.2) is 28.7 Å². The number of rotatable bonds is 6. The largest absolute Gasteiger partial charge is 0.309 e. The number of halogens is 3. The molecule has 1 aromatic carbocycles. The van der Waals surface area contributed by atoms with Crippen LogP contribution in [0.2, 0.25) is 0 Å². The third-order valence-corrected chi connectivity index (χ3v) is 2.86. The zero-order valence-corrected chi connectivity index (χ0v) is 10.8. The number of hydrogen-bond donors (Lipinski definition) is 1. The van der Waals surface area contributed by atoms with Gasteiger partial charge in [0.15, 0.2) is 0 Å². The average molecular weight is 292 g/mol. The molecule has 1 N–H and O–H groups in total. The van der Waals surface area contributed by atoms with E-state index in [0.717, 1.165) is 16.5 Å². The lowest BCUT2D eigenvalue weighted by molar-refractivity contribution is 0.0983. The molecule has 0 aliphatic carbocycles. The first-order valence-corrected chi connectivity index (χ1v) is 6.18. The molecule has 16 heavy (non-hydrogen) atoms. The lowest BCUT2D eigenvalue weighted by Crippen LogP contribution is -2.37. The Bertz CT molecular complexity index is 300. The molecule has 90 valence electrons. The molecule has 1 unspecified atom stereocenters. The van der Waals surface area contributed by atoms with Crippen LogP contribution in [-0.4, -0.2) is 19.0 Å². The van der Waals surface area contributed by atoms with Gasteiger partial charge in [0.2, 0.25) is 0 Å². The summed E-state index contributed by atoms with van der Waals surface area (Å²) in [4.78, 5) is 0. The standard InChI is InChI=1S/C12H16BrF2N/c1-2-7-16-11(12(14)15)8-9-3-5-10(13)6-4-9/h3-6,11-12,16H,2,7-8H2,1H3. The molecule has 0 amide bonds. The second-order valence-corrected chi connectivity index (χ2v) is 4.64.